The highest BCUT2D eigenvalue weighted by atomic mass is 16.5. The highest BCUT2D eigenvalue weighted by Gasteiger charge is 2.55. The Morgan fingerprint density at radius 1 is 1.36 bits per heavy atom. The van der Waals surface area contributed by atoms with Crippen molar-refractivity contribution in [3.63, 3.8) is 0 Å². The van der Waals surface area contributed by atoms with Crippen molar-refractivity contribution in [2.45, 2.75) is 32.3 Å². The first-order valence-corrected chi connectivity index (χ1v) is 5.63. The Morgan fingerprint density at radius 3 is 2.64 bits per heavy atom. The Morgan fingerprint density at radius 2 is 2.00 bits per heavy atom. The van der Waals surface area contributed by atoms with Crippen molar-refractivity contribution in [1.82, 2.24) is 0 Å². The van der Waals surface area contributed by atoms with Crippen LogP contribution in [0.1, 0.15) is 26.7 Å². The van der Waals surface area contributed by atoms with Crippen molar-refractivity contribution >= 4 is 0 Å². The normalized spacial score (nSPS) is 58.5. The molecule has 82 valence electrons. The van der Waals surface area contributed by atoms with E-state index in [1.54, 1.807) is 7.05 Å². The predicted octanol–water partition coefficient (Wildman–Crippen LogP) is 1.36. The molecule has 0 aromatic heterocycles. The van der Waals surface area contributed by atoms with Crippen LogP contribution in [0.25, 0.3) is 0 Å². The molecule has 0 aromatic rings. The molecule has 2 aliphatic rings. The SMILES string of the molecule is C[C@@H]1C[N+](C)([O-])C[C@@]2(O)[C@@H]1CC[C@@H]2C. The van der Waals surface area contributed by atoms with Crippen LogP contribution in [-0.2, 0) is 0 Å². The van der Waals surface area contributed by atoms with E-state index < -0.39 is 5.60 Å². The van der Waals surface area contributed by atoms with E-state index >= 15 is 0 Å². The van der Waals surface area contributed by atoms with Gasteiger partial charge in [-0.1, -0.05) is 13.8 Å². The molecule has 2 fully saturated rings. The van der Waals surface area contributed by atoms with Gasteiger partial charge in [0.25, 0.3) is 0 Å². The average Bonchev–Trinajstić information content (AvgIpc) is 2.25. The van der Waals surface area contributed by atoms with Crippen LogP contribution in [0.5, 0.6) is 0 Å². The van der Waals surface area contributed by atoms with Crippen LogP contribution in [-0.4, -0.2) is 35.5 Å². The van der Waals surface area contributed by atoms with Crippen molar-refractivity contribution < 1.29 is 9.75 Å². The van der Waals surface area contributed by atoms with Gasteiger partial charge in [-0.05, 0) is 18.8 Å². The lowest BCUT2D eigenvalue weighted by Gasteiger charge is -2.53. The number of aliphatic hydroxyl groups is 1. The van der Waals surface area contributed by atoms with E-state index in [0.29, 0.717) is 30.8 Å². The summed E-state index contributed by atoms with van der Waals surface area (Å²) in [5.74, 6) is 1.01. The van der Waals surface area contributed by atoms with E-state index in [1.165, 1.54) is 0 Å². The molecule has 0 aromatic carbocycles. The molecule has 1 aliphatic heterocycles. The minimum atomic E-state index is -0.686. The van der Waals surface area contributed by atoms with Crippen LogP contribution in [0.2, 0.25) is 0 Å². The summed E-state index contributed by atoms with van der Waals surface area (Å²) in [5, 5.41) is 22.6. The maximum absolute atomic E-state index is 12.0. The van der Waals surface area contributed by atoms with Gasteiger partial charge in [-0.2, -0.15) is 0 Å². The third kappa shape index (κ3) is 1.38. The molecule has 2 rings (SSSR count). The quantitative estimate of drug-likeness (QED) is 0.473. The molecule has 1 N–H and O–H groups in total. The van der Waals surface area contributed by atoms with Crippen molar-refractivity contribution in [2.24, 2.45) is 17.8 Å². The van der Waals surface area contributed by atoms with Gasteiger partial charge in [0.2, 0.25) is 0 Å². The van der Waals surface area contributed by atoms with Crippen molar-refractivity contribution in [1.29, 1.82) is 0 Å². The standard InChI is InChI=1S/C11H21NO2/c1-8-6-12(3,14)7-11(13)9(2)4-5-10(8)11/h8-10,13H,4-7H2,1-3H3/t8-,9+,10-,11+,12?/m1/s1. The summed E-state index contributed by atoms with van der Waals surface area (Å²) in [6.07, 6.45) is 2.17. The summed E-state index contributed by atoms with van der Waals surface area (Å²) in [6.45, 7) is 5.25. The highest BCUT2D eigenvalue weighted by molar-refractivity contribution is 5.01. The predicted molar refractivity (Wildman–Crippen MR) is 55.3 cm³/mol. The van der Waals surface area contributed by atoms with E-state index in [-0.39, 0.29) is 4.65 Å². The molecule has 14 heavy (non-hydrogen) atoms. The van der Waals surface area contributed by atoms with Crippen LogP contribution in [0, 0.1) is 23.0 Å². The summed E-state index contributed by atoms with van der Waals surface area (Å²) in [5.41, 5.74) is -0.686. The first kappa shape index (κ1) is 10.4. The van der Waals surface area contributed by atoms with Gasteiger partial charge in [0.15, 0.2) is 0 Å². The molecule has 3 heteroatoms. The van der Waals surface area contributed by atoms with Crippen LogP contribution in [0.3, 0.4) is 0 Å². The first-order valence-electron chi connectivity index (χ1n) is 5.63. The molecule has 0 radical (unpaired) electrons. The molecule has 1 saturated heterocycles. The van der Waals surface area contributed by atoms with Crippen LogP contribution >= 0.6 is 0 Å². The third-order valence-corrected chi connectivity index (χ3v) is 4.35. The van der Waals surface area contributed by atoms with Gasteiger partial charge in [0.1, 0.15) is 12.1 Å². The lowest BCUT2D eigenvalue weighted by molar-refractivity contribution is -0.879. The highest BCUT2D eigenvalue weighted by Crippen LogP contribution is 2.48. The Hall–Kier alpha value is -0.120. The Kier molecular flexibility index (Phi) is 2.18. The minimum absolute atomic E-state index is 0.265. The molecule has 0 amide bonds. The molecule has 0 spiro atoms. The molecule has 0 bridgehead atoms. The van der Waals surface area contributed by atoms with Crippen LogP contribution in [0.4, 0.5) is 0 Å². The third-order valence-electron chi connectivity index (χ3n) is 4.35. The second-order valence-electron chi connectivity index (χ2n) is 5.69. The molecule has 1 saturated carbocycles. The lowest BCUT2D eigenvalue weighted by atomic mass is 9.74. The number of hydrogen-bond donors (Lipinski definition) is 1. The zero-order valence-electron chi connectivity index (χ0n) is 9.36. The number of hydrogen-bond acceptors (Lipinski definition) is 2. The number of rotatable bonds is 0. The minimum Gasteiger partial charge on any atom is -0.633 e. The number of hydroxylamine groups is 3. The number of likely N-dealkylation sites (tertiary alicyclic amines) is 1. The number of fused-ring (bicyclic) bond motifs is 1. The molecule has 1 heterocycles. The molecule has 1 unspecified atom stereocenters. The largest absolute Gasteiger partial charge is 0.633 e. The Bertz CT molecular complexity index is 241. The fourth-order valence-electron chi connectivity index (χ4n) is 3.68. The van der Waals surface area contributed by atoms with E-state index in [2.05, 4.69) is 13.8 Å². The molecule has 3 nitrogen and oxygen atoms in total. The fourth-order valence-corrected chi connectivity index (χ4v) is 3.68. The second-order valence-corrected chi connectivity index (χ2v) is 5.69. The monoisotopic (exact) mass is 199 g/mol. The molecular weight excluding hydrogens is 178 g/mol. The summed E-state index contributed by atoms with van der Waals surface area (Å²) in [7, 11) is 1.69. The maximum atomic E-state index is 12.0. The van der Waals surface area contributed by atoms with Gasteiger partial charge < -0.3 is 15.0 Å². The summed E-state index contributed by atoms with van der Waals surface area (Å²) >= 11 is 0. The Balaban J connectivity index is 2.28. The summed E-state index contributed by atoms with van der Waals surface area (Å²) < 4.78 is -0.265. The number of nitrogens with zero attached hydrogens (tertiary/aromatic N) is 1. The summed E-state index contributed by atoms with van der Waals surface area (Å²) in [4.78, 5) is 0. The maximum Gasteiger partial charge on any atom is 0.119 e. The zero-order valence-corrected chi connectivity index (χ0v) is 9.36. The van der Waals surface area contributed by atoms with E-state index in [1.807, 2.05) is 0 Å². The molecule has 5 atom stereocenters. The fraction of sp³-hybridized carbons (Fsp3) is 1.00. The first-order chi connectivity index (χ1) is 6.35. The van der Waals surface area contributed by atoms with Crippen molar-refractivity contribution in [3.05, 3.63) is 5.21 Å². The average molecular weight is 199 g/mol. The van der Waals surface area contributed by atoms with E-state index in [9.17, 15) is 10.3 Å². The topological polar surface area (TPSA) is 43.3 Å². The van der Waals surface area contributed by atoms with Gasteiger partial charge in [-0.25, -0.2) is 0 Å². The van der Waals surface area contributed by atoms with Gasteiger partial charge >= 0.3 is 0 Å². The number of quaternary nitrogens is 1. The molecule has 1 aliphatic carbocycles. The Labute approximate surface area is 85.9 Å². The van der Waals surface area contributed by atoms with E-state index in [4.69, 9.17) is 0 Å². The van der Waals surface area contributed by atoms with E-state index in [0.717, 1.165) is 12.8 Å². The summed E-state index contributed by atoms with van der Waals surface area (Å²) in [6, 6.07) is 0. The molecular formula is C11H21NO2. The van der Waals surface area contributed by atoms with Crippen molar-refractivity contribution in [2.75, 3.05) is 20.1 Å². The van der Waals surface area contributed by atoms with Crippen LogP contribution < -0.4 is 0 Å². The van der Waals surface area contributed by atoms with Gasteiger partial charge in [-0.3, -0.25) is 0 Å². The van der Waals surface area contributed by atoms with Gasteiger partial charge in [0, 0.05) is 11.8 Å². The zero-order chi connectivity index (χ0) is 10.6. The van der Waals surface area contributed by atoms with Crippen molar-refractivity contribution in [3.8, 4) is 0 Å². The number of piperidine rings is 1. The smallest absolute Gasteiger partial charge is 0.119 e. The second kappa shape index (κ2) is 2.94. The van der Waals surface area contributed by atoms with Gasteiger partial charge in [0.05, 0.1) is 13.6 Å². The van der Waals surface area contributed by atoms with Gasteiger partial charge in [-0.15, -0.1) is 0 Å². The van der Waals surface area contributed by atoms with Crippen LogP contribution in [0.15, 0.2) is 0 Å². The lowest BCUT2D eigenvalue weighted by Crippen LogP contribution is -2.62. The number of likely N-dealkylation sites (N-methyl/N-ethyl adjacent to an activating group) is 1.